The first-order valence-corrected chi connectivity index (χ1v) is 6.61. The van der Waals surface area contributed by atoms with E-state index in [9.17, 15) is 0 Å². The van der Waals surface area contributed by atoms with E-state index in [1.165, 1.54) is 0 Å². The molecule has 0 saturated carbocycles. The third-order valence-electron chi connectivity index (χ3n) is 2.49. The second-order valence-electron chi connectivity index (χ2n) is 3.88. The second kappa shape index (κ2) is 5.38. The van der Waals surface area contributed by atoms with E-state index in [1.54, 1.807) is 17.4 Å². The van der Waals surface area contributed by atoms with Gasteiger partial charge in [-0.05, 0) is 18.2 Å². The predicted octanol–water partition coefficient (Wildman–Crippen LogP) is 3.59. The Kier molecular flexibility index (Phi) is 3.86. The summed E-state index contributed by atoms with van der Waals surface area (Å²) in [4.78, 5) is 4.29. The minimum atomic E-state index is 0.366. The van der Waals surface area contributed by atoms with Crippen LogP contribution in [0.1, 0.15) is 17.8 Å². The summed E-state index contributed by atoms with van der Waals surface area (Å²) in [6.45, 7) is 2.94. The van der Waals surface area contributed by atoms with E-state index in [1.807, 2.05) is 23.7 Å². The average Bonchev–Trinajstić information content (AvgIpc) is 2.81. The highest BCUT2D eigenvalue weighted by molar-refractivity contribution is 7.09. The maximum atomic E-state index is 5.87. The Labute approximate surface area is 110 Å². The number of nitrogens with two attached hydrogens (primary N) is 1. The van der Waals surface area contributed by atoms with Crippen LogP contribution in [0.3, 0.4) is 0 Å². The normalized spacial score (nSPS) is 12.4. The fraction of sp³-hybridized carbons (Fsp3) is 0.250. The van der Waals surface area contributed by atoms with Gasteiger partial charge in [0.05, 0.1) is 16.4 Å². The van der Waals surface area contributed by atoms with Gasteiger partial charge in [-0.1, -0.05) is 18.5 Å². The number of rotatable bonds is 4. The van der Waals surface area contributed by atoms with Crippen LogP contribution in [0.2, 0.25) is 5.02 Å². The van der Waals surface area contributed by atoms with Crippen molar-refractivity contribution in [3.63, 3.8) is 0 Å². The number of benzene rings is 1. The zero-order valence-corrected chi connectivity index (χ0v) is 11.1. The number of hydrogen-bond donors (Lipinski definition) is 2. The zero-order chi connectivity index (χ0) is 12.3. The van der Waals surface area contributed by atoms with E-state index < -0.39 is 0 Å². The molecule has 1 aromatic carbocycles. The summed E-state index contributed by atoms with van der Waals surface area (Å²) in [5.41, 5.74) is 7.45. The molecule has 0 aliphatic rings. The van der Waals surface area contributed by atoms with E-state index in [0.29, 0.717) is 16.6 Å². The molecular formula is C12H14ClN3S. The zero-order valence-electron chi connectivity index (χ0n) is 9.48. The SMILES string of the molecule is CC(CNc1ccc(Cl)cc1N)c1nccs1. The molecule has 1 aromatic heterocycles. The summed E-state index contributed by atoms with van der Waals surface area (Å²) in [5.74, 6) is 0.366. The van der Waals surface area contributed by atoms with Gasteiger partial charge in [0.1, 0.15) is 0 Å². The predicted molar refractivity (Wildman–Crippen MR) is 74.9 cm³/mol. The number of nitrogens with one attached hydrogen (secondary N) is 1. The summed E-state index contributed by atoms with van der Waals surface area (Å²) in [6, 6.07) is 5.47. The molecule has 1 atom stereocenters. The van der Waals surface area contributed by atoms with Crippen LogP contribution < -0.4 is 11.1 Å². The molecule has 2 rings (SSSR count). The van der Waals surface area contributed by atoms with Crippen molar-refractivity contribution < 1.29 is 0 Å². The van der Waals surface area contributed by atoms with E-state index >= 15 is 0 Å². The number of nitrogen functional groups attached to an aromatic ring is 1. The largest absolute Gasteiger partial charge is 0.397 e. The van der Waals surface area contributed by atoms with Crippen molar-refractivity contribution in [3.05, 3.63) is 39.8 Å². The quantitative estimate of drug-likeness (QED) is 0.833. The van der Waals surface area contributed by atoms with E-state index in [0.717, 1.165) is 17.2 Å². The molecule has 1 heterocycles. The Balaban J connectivity index is 1.98. The summed E-state index contributed by atoms with van der Waals surface area (Å²) < 4.78 is 0. The van der Waals surface area contributed by atoms with Gasteiger partial charge in [0.15, 0.2) is 0 Å². The Morgan fingerprint density at radius 1 is 1.53 bits per heavy atom. The summed E-state index contributed by atoms with van der Waals surface area (Å²) >= 11 is 7.51. The Morgan fingerprint density at radius 2 is 2.35 bits per heavy atom. The molecule has 0 saturated heterocycles. The minimum absolute atomic E-state index is 0.366. The highest BCUT2D eigenvalue weighted by Crippen LogP contribution is 2.24. The molecule has 2 aromatic rings. The van der Waals surface area contributed by atoms with Crippen LogP contribution in [0.5, 0.6) is 0 Å². The number of thiazole rings is 1. The van der Waals surface area contributed by atoms with Gasteiger partial charge < -0.3 is 11.1 Å². The van der Waals surface area contributed by atoms with Crippen molar-refractivity contribution in [2.24, 2.45) is 0 Å². The first-order valence-electron chi connectivity index (χ1n) is 5.35. The van der Waals surface area contributed by atoms with Crippen LogP contribution in [0, 0.1) is 0 Å². The lowest BCUT2D eigenvalue weighted by molar-refractivity contribution is 0.795. The first-order chi connectivity index (χ1) is 8.16. The highest BCUT2D eigenvalue weighted by atomic mass is 35.5. The molecule has 0 spiro atoms. The summed E-state index contributed by atoms with van der Waals surface area (Å²) in [6.07, 6.45) is 1.83. The van der Waals surface area contributed by atoms with Crippen molar-refractivity contribution in [2.45, 2.75) is 12.8 Å². The molecule has 3 N–H and O–H groups in total. The van der Waals surface area contributed by atoms with E-state index in [-0.39, 0.29) is 0 Å². The van der Waals surface area contributed by atoms with Crippen molar-refractivity contribution in [1.82, 2.24) is 4.98 Å². The number of nitrogens with zero attached hydrogens (tertiary/aromatic N) is 1. The van der Waals surface area contributed by atoms with Crippen LogP contribution in [-0.2, 0) is 0 Å². The smallest absolute Gasteiger partial charge is 0.0970 e. The maximum Gasteiger partial charge on any atom is 0.0970 e. The fourth-order valence-corrected chi connectivity index (χ4v) is 2.40. The third-order valence-corrected chi connectivity index (χ3v) is 3.73. The minimum Gasteiger partial charge on any atom is -0.397 e. The Bertz CT molecular complexity index is 485. The third kappa shape index (κ3) is 3.11. The molecule has 0 aliphatic carbocycles. The molecule has 0 amide bonds. The molecule has 5 heteroatoms. The number of aromatic nitrogens is 1. The van der Waals surface area contributed by atoms with Gasteiger partial charge in [-0.15, -0.1) is 11.3 Å². The van der Waals surface area contributed by atoms with Crippen LogP contribution in [0.25, 0.3) is 0 Å². The van der Waals surface area contributed by atoms with Crippen molar-refractivity contribution in [3.8, 4) is 0 Å². The maximum absolute atomic E-state index is 5.87. The number of anilines is 2. The van der Waals surface area contributed by atoms with E-state index in [2.05, 4.69) is 17.2 Å². The molecule has 1 unspecified atom stereocenters. The topological polar surface area (TPSA) is 50.9 Å². The highest BCUT2D eigenvalue weighted by Gasteiger charge is 2.08. The van der Waals surface area contributed by atoms with Gasteiger partial charge in [0.25, 0.3) is 0 Å². The van der Waals surface area contributed by atoms with Crippen molar-refractivity contribution >= 4 is 34.3 Å². The van der Waals surface area contributed by atoms with Gasteiger partial charge in [-0.3, -0.25) is 0 Å². The second-order valence-corrected chi connectivity index (χ2v) is 5.25. The van der Waals surface area contributed by atoms with Gasteiger partial charge in [-0.2, -0.15) is 0 Å². The van der Waals surface area contributed by atoms with Crippen LogP contribution in [0.15, 0.2) is 29.8 Å². The molecular weight excluding hydrogens is 254 g/mol. The molecule has 0 bridgehead atoms. The van der Waals surface area contributed by atoms with Gasteiger partial charge in [0.2, 0.25) is 0 Å². The van der Waals surface area contributed by atoms with Crippen LogP contribution >= 0.6 is 22.9 Å². The molecule has 3 nitrogen and oxygen atoms in total. The summed E-state index contributed by atoms with van der Waals surface area (Å²) in [5, 5.41) is 7.08. The van der Waals surface area contributed by atoms with Crippen molar-refractivity contribution in [2.75, 3.05) is 17.6 Å². The average molecular weight is 268 g/mol. The van der Waals surface area contributed by atoms with Gasteiger partial charge in [-0.25, -0.2) is 4.98 Å². The number of halogens is 1. The monoisotopic (exact) mass is 267 g/mol. The standard InChI is InChI=1S/C12H14ClN3S/c1-8(12-15-4-5-17-12)7-16-11-3-2-9(13)6-10(11)14/h2-6,8,16H,7,14H2,1H3. The molecule has 90 valence electrons. The van der Waals surface area contributed by atoms with Gasteiger partial charge in [0, 0.05) is 29.1 Å². The molecule has 0 aliphatic heterocycles. The Morgan fingerprint density at radius 3 is 3.00 bits per heavy atom. The van der Waals surface area contributed by atoms with E-state index in [4.69, 9.17) is 17.3 Å². The fourth-order valence-electron chi connectivity index (χ4n) is 1.52. The summed E-state index contributed by atoms with van der Waals surface area (Å²) in [7, 11) is 0. The first kappa shape index (κ1) is 12.2. The lowest BCUT2D eigenvalue weighted by Gasteiger charge is -2.13. The molecule has 17 heavy (non-hydrogen) atoms. The van der Waals surface area contributed by atoms with Gasteiger partial charge >= 0.3 is 0 Å². The van der Waals surface area contributed by atoms with Crippen LogP contribution in [0.4, 0.5) is 11.4 Å². The number of hydrogen-bond acceptors (Lipinski definition) is 4. The Hall–Kier alpha value is -1.26. The lowest BCUT2D eigenvalue weighted by Crippen LogP contribution is -2.10. The molecule has 0 radical (unpaired) electrons. The molecule has 0 fully saturated rings. The van der Waals surface area contributed by atoms with Crippen LogP contribution in [-0.4, -0.2) is 11.5 Å². The lowest BCUT2D eigenvalue weighted by atomic mass is 10.2. The van der Waals surface area contributed by atoms with Crippen molar-refractivity contribution in [1.29, 1.82) is 0 Å².